The molecule has 1 aromatic rings. The Morgan fingerprint density at radius 1 is 1.62 bits per heavy atom. The summed E-state index contributed by atoms with van der Waals surface area (Å²) >= 11 is 5.82. The van der Waals surface area contributed by atoms with E-state index in [1.165, 1.54) is 12.1 Å². The predicted molar refractivity (Wildman–Crippen MR) is 49.1 cm³/mol. The van der Waals surface area contributed by atoms with Crippen molar-refractivity contribution in [1.29, 1.82) is 0 Å². The van der Waals surface area contributed by atoms with Gasteiger partial charge in [0.05, 0.1) is 5.60 Å². The van der Waals surface area contributed by atoms with E-state index < -0.39 is 5.60 Å². The molecule has 1 N–H and O–H groups in total. The normalized spacial score (nSPS) is 31.8. The van der Waals surface area contributed by atoms with Gasteiger partial charge in [0.25, 0.3) is 0 Å². The zero-order valence-electron chi connectivity index (χ0n) is 7.22. The number of benzene rings is 1. The highest BCUT2D eigenvalue weighted by atomic mass is 35.5. The number of aliphatic hydroxyl groups is 1. The van der Waals surface area contributed by atoms with Gasteiger partial charge in [-0.3, -0.25) is 0 Å². The molecular formula is C10H10ClFO. The van der Waals surface area contributed by atoms with E-state index in [2.05, 4.69) is 0 Å². The highest BCUT2D eigenvalue weighted by Crippen LogP contribution is 2.53. The van der Waals surface area contributed by atoms with E-state index in [-0.39, 0.29) is 11.7 Å². The van der Waals surface area contributed by atoms with Crippen LogP contribution in [0.3, 0.4) is 0 Å². The highest BCUT2D eigenvalue weighted by Gasteiger charge is 2.51. The Kier molecular flexibility index (Phi) is 1.86. The van der Waals surface area contributed by atoms with Crippen LogP contribution in [0.5, 0.6) is 0 Å². The average molecular weight is 201 g/mol. The lowest BCUT2D eigenvalue weighted by Crippen LogP contribution is -2.08. The van der Waals surface area contributed by atoms with Crippen molar-refractivity contribution in [1.82, 2.24) is 0 Å². The van der Waals surface area contributed by atoms with Crippen LogP contribution in [0.4, 0.5) is 4.39 Å². The summed E-state index contributed by atoms with van der Waals surface area (Å²) in [5, 5.41) is 10.2. The molecule has 1 aliphatic rings. The van der Waals surface area contributed by atoms with Gasteiger partial charge in [0.1, 0.15) is 5.82 Å². The Morgan fingerprint density at radius 2 is 2.23 bits per heavy atom. The molecular weight excluding hydrogens is 191 g/mol. The Balaban J connectivity index is 2.42. The number of hydrogen-bond acceptors (Lipinski definition) is 1. The molecule has 2 rings (SSSR count). The van der Waals surface area contributed by atoms with Gasteiger partial charge >= 0.3 is 0 Å². The molecule has 3 heteroatoms. The summed E-state index contributed by atoms with van der Waals surface area (Å²) in [6.07, 6.45) is 0.707. The van der Waals surface area contributed by atoms with E-state index in [1.54, 1.807) is 6.07 Å². The smallest absolute Gasteiger partial charge is 0.124 e. The van der Waals surface area contributed by atoms with Crippen LogP contribution >= 0.6 is 11.6 Å². The molecule has 0 spiro atoms. The molecule has 0 saturated heterocycles. The topological polar surface area (TPSA) is 20.2 Å². The fraction of sp³-hybridized carbons (Fsp3) is 0.400. The van der Waals surface area contributed by atoms with Gasteiger partial charge < -0.3 is 5.11 Å². The fourth-order valence-electron chi connectivity index (χ4n) is 1.62. The standard InChI is InChI=1S/C10H10ClFO/c1-6-5-10(6,13)8-3-2-7(12)4-9(8)11/h2-4,6,13H,5H2,1H3. The molecule has 0 aliphatic heterocycles. The van der Waals surface area contributed by atoms with Gasteiger partial charge in [0, 0.05) is 10.6 Å². The van der Waals surface area contributed by atoms with Crippen molar-refractivity contribution in [2.75, 3.05) is 0 Å². The maximum atomic E-state index is 12.7. The summed E-state index contributed by atoms with van der Waals surface area (Å²) in [5.41, 5.74) is -0.173. The van der Waals surface area contributed by atoms with Crippen molar-refractivity contribution in [2.45, 2.75) is 18.9 Å². The molecule has 1 fully saturated rings. The Hall–Kier alpha value is -0.600. The van der Waals surface area contributed by atoms with Gasteiger partial charge in [-0.1, -0.05) is 24.6 Å². The minimum Gasteiger partial charge on any atom is -0.385 e. The summed E-state index contributed by atoms with van der Waals surface area (Å²) in [7, 11) is 0. The van der Waals surface area contributed by atoms with Crippen molar-refractivity contribution >= 4 is 11.6 Å². The molecule has 0 radical (unpaired) electrons. The fourth-order valence-corrected chi connectivity index (χ4v) is 1.95. The lowest BCUT2D eigenvalue weighted by atomic mass is 10.1. The van der Waals surface area contributed by atoms with Gasteiger partial charge in [0.2, 0.25) is 0 Å². The molecule has 0 heterocycles. The third-order valence-electron chi connectivity index (χ3n) is 2.67. The molecule has 0 bridgehead atoms. The zero-order chi connectivity index (χ0) is 9.64. The highest BCUT2D eigenvalue weighted by molar-refractivity contribution is 6.31. The molecule has 2 unspecified atom stereocenters. The van der Waals surface area contributed by atoms with E-state index >= 15 is 0 Å². The van der Waals surface area contributed by atoms with Crippen molar-refractivity contribution in [3.05, 3.63) is 34.6 Å². The molecule has 13 heavy (non-hydrogen) atoms. The molecule has 1 aromatic carbocycles. The van der Waals surface area contributed by atoms with Gasteiger partial charge in [-0.05, 0) is 24.5 Å². The van der Waals surface area contributed by atoms with Crippen LogP contribution in [-0.2, 0) is 5.60 Å². The lowest BCUT2D eigenvalue weighted by molar-refractivity contribution is 0.135. The molecule has 1 saturated carbocycles. The summed E-state index contributed by atoms with van der Waals surface area (Å²) in [4.78, 5) is 0. The van der Waals surface area contributed by atoms with Crippen molar-refractivity contribution < 1.29 is 9.50 Å². The predicted octanol–water partition coefficient (Wildman–Crippen LogP) is 2.71. The molecule has 70 valence electrons. The lowest BCUT2D eigenvalue weighted by Gasteiger charge is -2.11. The number of halogens is 2. The molecule has 0 aromatic heterocycles. The second kappa shape index (κ2) is 2.69. The second-order valence-corrected chi connectivity index (χ2v) is 4.06. The molecule has 0 amide bonds. The van der Waals surface area contributed by atoms with E-state index in [0.717, 1.165) is 0 Å². The first-order valence-electron chi connectivity index (χ1n) is 4.22. The average Bonchev–Trinajstić information content (AvgIpc) is 2.59. The van der Waals surface area contributed by atoms with Crippen LogP contribution < -0.4 is 0 Å². The first-order valence-corrected chi connectivity index (χ1v) is 4.60. The maximum absolute atomic E-state index is 12.7. The summed E-state index contributed by atoms with van der Waals surface area (Å²) < 4.78 is 12.7. The molecule has 2 atom stereocenters. The number of hydrogen-bond donors (Lipinski definition) is 1. The summed E-state index contributed by atoms with van der Waals surface area (Å²) in [5.74, 6) is -0.152. The van der Waals surface area contributed by atoms with Crippen molar-refractivity contribution in [3.63, 3.8) is 0 Å². The van der Waals surface area contributed by atoms with Crippen LogP contribution in [0, 0.1) is 11.7 Å². The Bertz CT molecular complexity index is 353. The quantitative estimate of drug-likeness (QED) is 0.739. The van der Waals surface area contributed by atoms with E-state index in [0.29, 0.717) is 17.0 Å². The SMILES string of the molecule is CC1CC1(O)c1ccc(F)cc1Cl. The van der Waals surface area contributed by atoms with Crippen LogP contribution in [-0.4, -0.2) is 5.11 Å². The molecule has 1 aliphatic carbocycles. The maximum Gasteiger partial charge on any atom is 0.124 e. The summed E-state index contributed by atoms with van der Waals surface area (Å²) in [6, 6.07) is 4.12. The first-order chi connectivity index (χ1) is 6.04. The van der Waals surface area contributed by atoms with Gasteiger partial charge in [-0.2, -0.15) is 0 Å². The Morgan fingerprint density at radius 3 is 2.69 bits per heavy atom. The Labute approximate surface area is 81.1 Å². The monoisotopic (exact) mass is 200 g/mol. The third kappa shape index (κ3) is 1.34. The van der Waals surface area contributed by atoms with Crippen molar-refractivity contribution in [2.24, 2.45) is 5.92 Å². The zero-order valence-corrected chi connectivity index (χ0v) is 7.98. The summed E-state index contributed by atoms with van der Waals surface area (Å²) in [6.45, 7) is 1.94. The number of rotatable bonds is 1. The van der Waals surface area contributed by atoms with Crippen LogP contribution in [0.2, 0.25) is 5.02 Å². The van der Waals surface area contributed by atoms with E-state index in [9.17, 15) is 9.50 Å². The third-order valence-corrected chi connectivity index (χ3v) is 2.98. The van der Waals surface area contributed by atoms with E-state index in [4.69, 9.17) is 11.6 Å². The van der Waals surface area contributed by atoms with Gasteiger partial charge in [0.15, 0.2) is 0 Å². The van der Waals surface area contributed by atoms with Crippen LogP contribution in [0.15, 0.2) is 18.2 Å². The van der Waals surface area contributed by atoms with Gasteiger partial charge in [-0.15, -0.1) is 0 Å². The largest absolute Gasteiger partial charge is 0.385 e. The molecule has 1 nitrogen and oxygen atoms in total. The first kappa shape index (κ1) is 8.97. The van der Waals surface area contributed by atoms with Crippen molar-refractivity contribution in [3.8, 4) is 0 Å². The minimum atomic E-state index is -0.815. The van der Waals surface area contributed by atoms with Gasteiger partial charge in [-0.25, -0.2) is 4.39 Å². The van der Waals surface area contributed by atoms with E-state index in [1.807, 2.05) is 6.92 Å². The van der Waals surface area contributed by atoms with Crippen LogP contribution in [0.25, 0.3) is 0 Å². The van der Waals surface area contributed by atoms with Crippen LogP contribution in [0.1, 0.15) is 18.9 Å². The minimum absolute atomic E-state index is 0.218. The second-order valence-electron chi connectivity index (χ2n) is 3.65.